The Morgan fingerprint density at radius 2 is 2.11 bits per heavy atom. The number of fused-ring (bicyclic) bond motifs is 1. The summed E-state index contributed by atoms with van der Waals surface area (Å²) in [5.41, 5.74) is 3.88. The zero-order valence-corrected chi connectivity index (χ0v) is 11.2. The third-order valence-corrected chi connectivity index (χ3v) is 4.71. The van der Waals surface area contributed by atoms with Crippen LogP contribution in [0.5, 0.6) is 0 Å². The van der Waals surface area contributed by atoms with Crippen LogP contribution in [0.2, 0.25) is 0 Å². The van der Waals surface area contributed by atoms with E-state index in [1.165, 1.54) is 42.4 Å². The Bertz CT molecular complexity index is 437. The Morgan fingerprint density at radius 3 is 2.83 bits per heavy atom. The van der Waals surface area contributed by atoms with Gasteiger partial charge in [0.15, 0.2) is 0 Å². The van der Waals surface area contributed by atoms with Gasteiger partial charge in [-0.3, -0.25) is 0 Å². The third-order valence-electron chi connectivity index (χ3n) is 4.71. The minimum absolute atomic E-state index is 0.170. The number of hydrogen-bond acceptors (Lipinski definition) is 2. The molecule has 2 aliphatic carbocycles. The molecule has 0 saturated heterocycles. The fourth-order valence-corrected chi connectivity index (χ4v) is 3.66. The van der Waals surface area contributed by atoms with Gasteiger partial charge in [-0.05, 0) is 43.7 Å². The lowest BCUT2D eigenvalue weighted by molar-refractivity contribution is 0.146. The van der Waals surface area contributed by atoms with Crippen LogP contribution < -0.4 is 5.32 Å². The first-order valence-corrected chi connectivity index (χ1v) is 7.22. The smallest absolute Gasteiger partial charge is 0.0677 e. The zero-order valence-electron chi connectivity index (χ0n) is 11.2. The third kappa shape index (κ3) is 1.98. The van der Waals surface area contributed by atoms with Gasteiger partial charge >= 0.3 is 0 Å². The SMILES string of the molecule is Cc1ccc2c(c1)C(CO)(NC1CCCC1)CC2. The Labute approximate surface area is 109 Å². The average molecular weight is 245 g/mol. The molecule has 2 aliphatic rings. The molecule has 0 radical (unpaired) electrons. The Hall–Kier alpha value is -0.860. The minimum atomic E-state index is -0.170. The van der Waals surface area contributed by atoms with Gasteiger partial charge in [0.1, 0.15) is 0 Å². The molecule has 1 aromatic carbocycles. The van der Waals surface area contributed by atoms with Crippen LogP contribution >= 0.6 is 0 Å². The molecule has 2 heteroatoms. The van der Waals surface area contributed by atoms with Crippen molar-refractivity contribution < 1.29 is 5.11 Å². The van der Waals surface area contributed by atoms with Crippen LogP contribution in [0.3, 0.4) is 0 Å². The monoisotopic (exact) mass is 245 g/mol. The van der Waals surface area contributed by atoms with Crippen molar-refractivity contribution in [2.75, 3.05) is 6.61 Å². The minimum Gasteiger partial charge on any atom is -0.394 e. The largest absolute Gasteiger partial charge is 0.394 e. The maximum absolute atomic E-state index is 9.95. The van der Waals surface area contributed by atoms with Gasteiger partial charge in [-0.1, -0.05) is 36.6 Å². The van der Waals surface area contributed by atoms with Crippen molar-refractivity contribution in [2.24, 2.45) is 0 Å². The quantitative estimate of drug-likeness (QED) is 0.858. The van der Waals surface area contributed by atoms with Crippen molar-refractivity contribution >= 4 is 0 Å². The molecule has 98 valence electrons. The van der Waals surface area contributed by atoms with E-state index in [0.717, 1.165) is 12.8 Å². The van der Waals surface area contributed by atoms with E-state index in [0.29, 0.717) is 6.04 Å². The first-order valence-electron chi connectivity index (χ1n) is 7.22. The molecule has 1 saturated carbocycles. The first kappa shape index (κ1) is 12.2. The lowest BCUT2D eigenvalue weighted by Gasteiger charge is -2.33. The number of aliphatic hydroxyl groups is 1. The van der Waals surface area contributed by atoms with Crippen molar-refractivity contribution in [2.45, 2.75) is 57.0 Å². The fraction of sp³-hybridized carbons (Fsp3) is 0.625. The molecule has 0 spiro atoms. The Kier molecular flexibility index (Phi) is 3.16. The van der Waals surface area contributed by atoms with Crippen molar-refractivity contribution in [1.82, 2.24) is 5.32 Å². The van der Waals surface area contributed by atoms with E-state index in [4.69, 9.17) is 0 Å². The highest BCUT2D eigenvalue weighted by molar-refractivity contribution is 5.41. The van der Waals surface area contributed by atoms with E-state index in [2.05, 4.69) is 30.4 Å². The van der Waals surface area contributed by atoms with Crippen LogP contribution in [0.15, 0.2) is 18.2 Å². The van der Waals surface area contributed by atoms with Crippen molar-refractivity contribution in [3.8, 4) is 0 Å². The number of aliphatic hydroxyl groups excluding tert-OH is 1. The number of hydrogen-bond donors (Lipinski definition) is 2. The van der Waals surface area contributed by atoms with Crippen LogP contribution in [-0.2, 0) is 12.0 Å². The summed E-state index contributed by atoms with van der Waals surface area (Å²) in [6.45, 7) is 2.36. The second-order valence-electron chi connectivity index (χ2n) is 6.03. The normalized spacial score (nSPS) is 27.7. The van der Waals surface area contributed by atoms with Gasteiger partial charge in [-0.2, -0.15) is 0 Å². The highest BCUT2D eigenvalue weighted by Gasteiger charge is 2.39. The number of rotatable bonds is 3. The van der Waals surface area contributed by atoms with E-state index in [1.807, 2.05) is 0 Å². The van der Waals surface area contributed by atoms with E-state index >= 15 is 0 Å². The van der Waals surface area contributed by atoms with E-state index in [1.54, 1.807) is 0 Å². The van der Waals surface area contributed by atoms with Gasteiger partial charge < -0.3 is 10.4 Å². The molecule has 0 aromatic heterocycles. The van der Waals surface area contributed by atoms with E-state index in [-0.39, 0.29) is 12.1 Å². The summed E-state index contributed by atoms with van der Waals surface area (Å²) >= 11 is 0. The standard InChI is InChI=1S/C16H23NO/c1-12-6-7-13-8-9-16(11-18,15(13)10-12)17-14-4-2-3-5-14/h6-7,10,14,17-18H,2-5,8-9,11H2,1H3. The molecular formula is C16H23NO. The molecule has 18 heavy (non-hydrogen) atoms. The maximum atomic E-state index is 9.95. The van der Waals surface area contributed by atoms with E-state index < -0.39 is 0 Å². The fourth-order valence-electron chi connectivity index (χ4n) is 3.66. The molecule has 2 N–H and O–H groups in total. The van der Waals surface area contributed by atoms with Gasteiger partial charge in [0.25, 0.3) is 0 Å². The molecule has 3 rings (SSSR count). The summed E-state index contributed by atoms with van der Waals surface area (Å²) in [5, 5.41) is 13.7. The van der Waals surface area contributed by atoms with Crippen LogP contribution in [0.4, 0.5) is 0 Å². The summed E-state index contributed by atoms with van der Waals surface area (Å²) in [6, 6.07) is 7.28. The maximum Gasteiger partial charge on any atom is 0.0677 e. The summed E-state index contributed by atoms with van der Waals surface area (Å²) in [7, 11) is 0. The van der Waals surface area contributed by atoms with Gasteiger partial charge in [0.05, 0.1) is 12.1 Å². The zero-order chi connectivity index (χ0) is 12.6. The van der Waals surface area contributed by atoms with Crippen LogP contribution in [0.1, 0.15) is 48.8 Å². The molecule has 1 unspecified atom stereocenters. The topological polar surface area (TPSA) is 32.3 Å². The second-order valence-corrected chi connectivity index (χ2v) is 6.03. The molecule has 0 bridgehead atoms. The first-order chi connectivity index (χ1) is 8.73. The molecule has 0 amide bonds. The second kappa shape index (κ2) is 4.67. The molecule has 1 aromatic rings. The number of nitrogens with one attached hydrogen (secondary N) is 1. The van der Waals surface area contributed by atoms with Crippen LogP contribution in [0, 0.1) is 6.92 Å². The van der Waals surface area contributed by atoms with Crippen molar-refractivity contribution in [1.29, 1.82) is 0 Å². The number of aryl methyl sites for hydroxylation is 2. The molecule has 0 aliphatic heterocycles. The van der Waals surface area contributed by atoms with E-state index in [9.17, 15) is 5.11 Å². The van der Waals surface area contributed by atoms with Gasteiger partial charge in [-0.25, -0.2) is 0 Å². The molecule has 1 atom stereocenters. The summed E-state index contributed by atoms with van der Waals surface area (Å²) in [5.74, 6) is 0. The lowest BCUT2D eigenvalue weighted by Crippen LogP contribution is -2.48. The summed E-state index contributed by atoms with van der Waals surface area (Å²) in [6.07, 6.45) is 7.33. The highest BCUT2D eigenvalue weighted by atomic mass is 16.3. The Balaban J connectivity index is 1.91. The highest BCUT2D eigenvalue weighted by Crippen LogP contribution is 2.38. The molecular weight excluding hydrogens is 222 g/mol. The van der Waals surface area contributed by atoms with Crippen LogP contribution in [0.25, 0.3) is 0 Å². The summed E-state index contributed by atoms with van der Waals surface area (Å²) in [4.78, 5) is 0. The molecule has 2 nitrogen and oxygen atoms in total. The predicted molar refractivity (Wildman–Crippen MR) is 73.7 cm³/mol. The van der Waals surface area contributed by atoms with Gasteiger partial charge in [0, 0.05) is 6.04 Å². The van der Waals surface area contributed by atoms with Crippen LogP contribution in [-0.4, -0.2) is 17.8 Å². The van der Waals surface area contributed by atoms with Gasteiger partial charge in [-0.15, -0.1) is 0 Å². The average Bonchev–Trinajstić information content (AvgIpc) is 2.99. The lowest BCUT2D eigenvalue weighted by atomic mass is 9.90. The van der Waals surface area contributed by atoms with Crippen molar-refractivity contribution in [3.05, 3.63) is 34.9 Å². The predicted octanol–water partition coefficient (Wildman–Crippen LogP) is 2.66. The summed E-state index contributed by atoms with van der Waals surface area (Å²) < 4.78 is 0. The molecule has 1 fully saturated rings. The van der Waals surface area contributed by atoms with Crippen molar-refractivity contribution in [3.63, 3.8) is 0 Å². The van der Waals surface area contributed by atoms with Gasteiger partial charge in [0.2, 0.25) is 0 Å². The molecule has 0 heterocycles. The Morgan fingerprint density at radius 1 is 1.33 bits per heavy atom. The number of benzene rings is 1.